The number of halogens is 1. The maximum absolute atomic E-state index is 3.59. The normalized spacial score (nSPS) is 18.0. The van der Waals surface area contributed by atoms with E-state index in [1.165, 1.54) is 41.6 Å². The van der Waals surface area contributed by atoms with E-state index in [9.17, 15) is 0 Å². The highest BCUT2D eigenvalue weighted by molar-refractivity contribution is 9.11. The SMILES string of the molecule is CCCC1(CNCc2csc(Br)c2)CC1. The van der Waals surface area contributed by atoms with Crippen molar-refractivity contribution >= 4 is 27.3 Å². The standard InChI is InChI=1S/C12H18BrNS/c1-2-3-12(4-5-12)9-14-7-10-6-11(13)15-8-10/h6,8,14H,2-5,7,9H2,1H3. The second-order valence-corrected chi connectivity index (χ2v) is 6.90. The van der Waals surface area contributed by atoms with Gasteiger partial charge in [-0.15, -0.1) is 11.3 Å². The molecule has 0 aliphatic heterocycles. The van der Waals surface area contributed by atoms with E-state index in [1.807, 2.05) is 0 Å². The van der Waals surface area contributed by atoms with Crippen molar-refractivity contribution in [2.45, 2.75) is 39.2 Å². The van der Waals surface area contributed by atoms with Gasteiger partial charge in [0.25, 0.3) is 0 Å². The molecule has 0 bridgehead atoms. The van der Waals surface area contributed by atoms with E-state index in [0.717, 1.165) is 6.54 Å². The molecule has 1 aromatic rings. The lowest BCUT2D eigenvalue weighted by atomic mass is 10.0. The summed E-state index contributed by atoms with van der Waals surface area (Å²) in [5.41, 5.74) is 2.07. The summed E-state index contributed by atoms with van der Waals surface area (Å²) in [6.45, 7) is 4.51. The fraction of sp³-hybridized carbons (Fsp3) is 0.667. The Morgan fingerprint density at radius 3 is 2.87 bits per heavy atom. The molecule has 1 N–H and O–H groups in total. The summed E-state index contributed by atoms with van der Waals surface area (Å²) in [5, 5.41) is 5.81. The van der Waals surface area contributed by atoms with Gasteiger partial charge in [-0.25, -0.2) is 0 Å². The summed E-state index contributed by atoms with van der Waals surface area (Å²) < 4.78 is 1.23. The first-order valence-corrected chi connectivity index (χ1v) is 7.35. The number of thiophene rings is 1. The molecule has 0 radical (unpaired) electrons. The minimum Gasteiger partial charge on any atom is -0.312 e. The molecule has 0 spiro atoms. The third-order valence-corrected chi connectivity index (χ3v) is 4.74. The summed E-state index contributed by atoms with van der Waals surface area (Å²) in [6.07, 6.45) is 5.58. The Kier molecular flexibility index (Phi) is 3.86. The summed E-state index contributed by atoms with van der Waals surface area (Å²) in [5.74, 6) is 0. The Morgan fingerprint density at radius 1 is 1.53 bits per heavy atom. The van der Waals surface area contributed by atoms with Crippen LogP contribution in [-0.2, 0) is 6.54 Å². The summed E-state index contributed by atoms with van der Waals surface area (Å²) >= 11 is 5.26. The van der Waals surface area contributed by atoms with Crippen molar-refractivity contribution in [3.63, 3.8) is 0 Å². The van der Waals surface area contributed by atoms with Crippen LogP contribution >= 0.6 is 27.3 Å². The van der Waals surface area contributed by atoms with E-state index in [2.05, 4.69) is 39.6 Å². The Hall–Kier alpha value is 0.140. The molecule has 15 heavy (non-hydrogen) atoms. The molecule has 1 saturated carbocycles. The van der Waals surface area contributed by atoms with Gasteiger partial charge in [0.05, 0.1) is 3.79 Å². The van der Waals surface area contributed by atoms with E-state index in [1.54, 1.807) is 11.3 Å². The Morgan fingerprint density at radius 2 is 2.33 bits per heavy atom. The topological polar surface area (TPSA) is 12.0 Å². The van der Waals surface area contributed by atoms with Gasteiger partial charge in [0.15, 0.2) is 0 Å². The van der Waals surface area contributed by atoms with Gasteiger partial charge in [0.2, 0.25) is 0 Å². The highest BCUT2D eigenvalue weighted by Gasteiger charge is 2.40. The number of nitrogens with one attached hydrogen (secondary N) is 1. The van der Waals surface area contributed by atoms with Gasteiger partial charge in [0.1, 0.15) is 0 Å². The van der Waals surface area contributed by atoms with Crippen molar-refractivity contribution in [2.75, 3.05) is 6.54 Å². The van der Waals surface area contributed by atoms with Crippen LogP contribution in [0.5, 0.6) is 0 Å². The smallest absolute Gasteiger partial charge is 0.0701 e. The Balaban J connectivity index is 1.71. The van der Waals surface area contributed by atoms with Crippen LogP contribution < -0.4 is 5.32 Å². The predicted molar refractivity (Wildman–Crippen MR) is 70.3 cm³/mol. The number of rotatable bonds is 6. The first-order valence-electron chi connectivity index (χ1n) is 5.68. The molecule has 1 aromatic heterocycles. The molecule has 2 rings (SSSR count). The fourth-order valence-corrected chi connectivity index (χ4v) is 3.34. The zero-order chi connectivity index (χ0) is 10.7. The Bertz CT molecular complexity index is 317. The van der Waals surface area contributed by atoms with Crippen LogP contribution in [0.1, 0.15) is 38.2 Å². The summed E-state index contributed by atoms with van der Waals surface area (Å²) in [7, 11) is 0. The van der Waals surface area contributed by atoms with Crippen molar-refractivity contribution in [1.82, 2.24) is 5.32 Å². The van der Waals surface area contributed by atoms with Gasteiger partial charge in [0, 0.05) is 13.1 Å². The maximum atomic E-state index is 3.59. The zero-order valence-corrected chi connectivity index (χ0v) is 11.6. The van der Waals surface area contributed by atoms with Crippen molar-refractivity contribution in [2.24, 2.45) is 5.41 Å². The lowest BCUT2D eigenvalue weighted by Gasteiger charge is -2.14. The van der Waals surface area contributed by atoms with Crippen LogP contribution in [0.3, 0.4) is 0 Å². The first kappa shape index (κ1) is 11.6. The lowest BCUT2D eigenvalue weighted by molar-refractivity contribution is 0.421. The lowest BCUT2D eigenvalue weighted by Crippen LogP contribution is -2.23. The molecular formula is C12H18BrNS. The van der Waals surface area contributed by atoms with Crippen molar-refractivity contribution < 1.29 is 0 Å². The van der Waals surface area contributed by atoms with Crippen molar-refractivity contribution in [3.05, 3.63) is 20.8 Å². The van der Waals surface area contributed by atoms with E-state index < -0.39 is 0 Å². The molecule has 0 atom stereocenters. The molecule has 0 saturated heterocycles. The molecule has 0 aromatic carbocycles. The molecule has 0 amide bonds. The molecule has 1 nitrogen and oxygen atoms in total. The van der Waals surface area contributed by atoms with E-state index in [4.69, 9.17) is 0 Å². The molecule has 1 aliphatic carbocycles. The van der Waals surface area contributed by atoms with Gasteiger partial charge in [-0.3, -0.25) is 0 Å². The van der Waals surface area contributed by atoms with Crippen LogP contribution in [0.25, 0.3) is 0 Å². The highest BCUT2D eigenvalue weighted by Crippen LogP contribution is 2.48. The van der Waals surface area contributed by atoms with Gasteiger partial charge in [-0.2, -0.15) is 0 Å². The monoisotopic (exact) mass is 287 g/mol. The van der Waals surface area contributed by atoms with Crippen LogP contribution in [0.2, 0.25) is 0 Å². The predicted octanol–water partition coefficient (Wildman–Crippen LogP) is 4.18. The molecular weight excluding hydrogens is 270 g/mol. The second-order valence-electron chi connectivity index (χ2n) is 4.61. The highest BCUT2D eigenvalue weighted by atomic mass is 79.9. The molecule has 1 aliphatic rings. The van der Waals surface area contributed by atoms with Gasteiger partial charge < -0.3 is 5.32 Å². The van der Waals surface area contributed by atoms with Crippen LogP contribution in [0, 0.1) is 5.41 Å². The summed E-state index contributed by atoms with van der Waals surface area (Å²) in [4.78, 5) is 0. The maximum Gasteiger partial charge on any atom is 0.0701 e. The third-order valence-electron chi connectivity index (χ3n) is 3.19. The number of hydrogen-bond acceptors (Lipinski definition) is 2. The van der Waals surface area contributed by atoms with Gasteiger partial charge in [-0.05, 0) is 57.6 Å². The van der Waals surface area contributed by atoms with Gasteiger partial charge in [-0.1, -0.05) is 13.3 Å². The zero-order valence-electron chi connectivity index (χ0n) is 9.18. The summed E-state index contributed by atoms with van der Waals surface area (Å²) in [6, 6.07) is 2.21. The fourth-order valence-electron chi connectivity index (χ4n) is 2.13. The minimum atomic E-state index is 0.669. The number of hydrogen-bond donors (Lipinski definition) is 1. The van der Waals surface area contributed by atoms with Crippen LogP contribution in [0.15, 0.2) is 15.2 Å². The van der Waals surface area contributed by atoms with Crippen LogP contribution in [-0.4, -0.2) is 6.54 Å². The van der Waals surface area contributed by atoms with E-state index in [0.29, 0.717) is 5.41 Å². The molecule has 1 fully saturated rings. The first-order chi connectivity index (χ1) is 7.24. The average molecular weight is 288 g/mol. The van der Waals surface area contributed by atoms with Gasteiger partial charge >= 0.3 is 0 Å². The quantitative estimate of drug-likeness (QED) is 0.828. The van der Waals surface area contributed by atoms with Crippen molar-refractivity contribution in [3.8, 4) is 0 Å². The van der Waals surface area contributed by atoms with E-state index in [-0.39, 0.29) is 0 Å². The third kappa shape index (κ3) is 3.30. The molecule has 3 heteroatoms. The second kappa shape index (κ2) is 4.98. The average Bonchev–Trinajstić information content (AvgIpc) is 2.83. The van der Waals surface area contributed by atoms with Crippen LogP contribution in [0.4, 0.5) is 0 Å². The molecule has 1 heterocycles. The Labute approximate surface area is 104 Å². The molecule has 84 valence electrons. The largest absolute Gasteiger partial charge is 0.312 e. The minimum absolute atomic E-state index is 0.669. The van der Waals surface area contributed by atoms with E-state index >= 15 is 0 Å². The van der Waals surface area contributed by atoms with Crippen molar-refractivity contribution in [1.29, 1.82) is 0 Å². The molecule has 0 unspecified atom stereocenters.